The van der Waals surface area contributed by atoms with Gasteiger partial charge in [0.25, 0.3) is 0 Å². The van der Waals surface area contributed by atoms with Crippen molar-refractivity contribution < 1.29 is 13.4 Å². The molecule has 0 bridgehead atoms. The van der Waals surface area contributed by atoms with Gasteiger partial charge in [0.05, 0.1) is 5.56 Å². The summed E-state index contributed by atoms with van der Waals surface area (Å²) in [5.41, 5.74) is 0.541. The van der Waals surface area contributed by atoms with E-state index in [-0.39, 0.29) is 11.6 Å². The van der Waals surface area contributed by atoms with Crippen molar-refractivity contribution in [1.82, 2.24) is 0 Å². The highest BCUT2D eigenvalue weighted by molar-refractivity contribution is 9.10. The van der Waals surface area contributed by atoms with Gasteiger partial charge in [0.15, 0.2) is 6.29 Å². The standard InChI is InChI=1S/C12H13BrFNO2S/c13-8-5-11(14)10(7-16)12(6-8)15-9-1-3-18(17)4-2-9/h5-7,9,15H,1-4H2. The average molecular weight is 334 g/mol. The van der Waals surface area contributed by atoms with Crippen LogP contribution in [0.1, 0.15) is 23.2 Å². The van der Waals surface area contributed by atoms with Crippen LogP contribution < -0.4 is 5.32 Å². The lowest BCUT2D eigenvalue weighted by atomic mass is 10.1. The third-order valence-corrected chi connectivity index (χ3v) is 4.80. The van der Waals surface area contributed by atoms with Gasteiger partial charge in [-0.05, 0) is 25.0 Å². The summed E-state index contributed by atoms with van der Waals surface area (Å²) in [6.45, 7) is 0. The van der Waals surface area contributed by atoms with Gasteiger partial charge in [-0.2, -0.15) is 0 Å². The molecule has 1 fully saturated rings. The molecule has 0 aromatic heterocycles. The van der Waals surface area contributed by atoms with Crippen molar-refractivity contribution in [2.45, 2.75) is 18.9 Å². The van der Waals surface area contributed by atoms with Crippen molar-refractivity contribution in [1.29, 1.82) is 0 Å². The number of nitrogens with one attached hydrogen (secondary N) is 1. The third kappa shape index (κ3) is 3.17. The molecular formula is C12H13BrFNO2S. The monoisotopic (exact) mass is 333 g/mol. The molecule has 1 aliphatic heterocycles. The minimum absolute atomic E-state index is 0.0462. The minimum Gasteiger partial charge on any atom is -0.382 e. The summed E-state index contributed by atoms with van der Waals surface area (Å²) in [5, 5.41) is 3.17. The van der Waals surface area contributed by atoms with Gasteiger partial charge in [0, 0.05) is 38.5 Å². The second kappa shape index (κ2) is 5.93. The maximum absolute atomic E-state index is 13.6. The first-order valence-electron chi connectivity index (χ1n) is 5.66. The Morgan fingerprint density at radius 2 is 2.06 bits per heavy atom. The van der Waals surface area contributed by atoms with Crippen LogP contribution in [0.2, 0.25) is 0 Å². The topological polar surface area (TPSA) is 46.2 Å². The molecule has 0 amide bonds. The number of carbonyl (C=O) groups excluding carboxylic acids is 1. The van der Waals surface area contributed by atoms with Gasteiger partial charge in [-0.15, -0.1) is 0 Å². The second-order valence-corrected chi connectivity index (χ2v) is 6.85. The smallest absolute Gasteiger partial charge is 0.155 e. The first-order valence-corrected chi connectivity index (χ1v) is 7.94. The molecule has 1 heterocycles. The number of halogens is 2. The summed E-state index contributed by atoms with van der Waals surface area (Å²) < 4.78 is 25.4. The lowest BCUT2D eigenvalue weighted by molar-refractivity contribution is 0.112. The average Bonchev–Trinajstić information content (AvgIpc) is 2.32. The summed E-state index contributed by atoms with van der Waals surface area (Å²) in [6.07, 6.45) is 2.07. The third-order valence-electron chi connectivity index (χ3n) is 2.96. The summed E-state index contributed by atoms with van der Waals surface area (Å²) in [6, 6.07) is 3.11. The molecule has 1 aliphatic rings. The van der Waals surface area contributed by atoms with E-state index in [1.807, 2.05) is 0 Å². The first-order chi connectivity index (χ1) is 8.60. The predicted molar refractivity (Wildman–Crippen MR) is 74.0 cm³/mol. The maximum Gasteiger partial charge on any atom is 0.155 e. The van der Waals surface area contributed by atoms with Crippen molar-refractivity contribution >= 4 is 38.7 Å². The van der Waals surface area contributed by atoms with Crippen LogP contribution in [-0.2, 0) is 10.8 Å². The van der Waals surface area contributed by atoms with Gasteiger partial charge in [-0.1, -0.05) is 15.9 Å². The van der Waals surface area contributed by atoms with Crippen molar-refractivity contribution in [3.8, 4) is 0 Å². The molecule has 1 saturated heterocycles. The van der Waals surface area contributed by atoms with Crippen molar-refractivity contribution in [3.05, 3.63) is 28.0 Å². The van der Waals surface area contributed by atoms with E-state index in [0.29, 0.717) is 28.0 Å². The SMILES string of the molecule is O=Cc1c(F)cc(Br)cc1NC1CCS(=O)CC1. The van der Waals surface area contributed by atoms with Crippen molar-refractivity contribution in [2.24, 2.45) is 0 Å². The molecule has 0 radical (unpaired) electrons. The molecule has 0 spiro atoms. The summed E-state index contributed by atoms with van der Waals surface area (Å²) >= 11 is 3.21. The van der Waals surface area contributed by atoms with Crippen molar-refractivity contribution in [2.75, 3.05) is 16.8 Å². The zero-order chi connectivity index (χ0) is 13.1. The number of rotatable bonds is 3. The van der Waals surface area contributed by atoms with Gasteiger partial charge >= 0.3 is 0 Å². The quantitative estimate of drug-likeness (QED) is 0.865. The summed E-state index contributed by atoms with van der Waals surface area (Å²) in [4.78, 5) is 10.9. The highest BCUT2D eigenvalue weighted by Crippen LogP contribution is 2.25. The molecule has 0 saturated carbocycles. The van der Waals surface area contributed by atoms with Gasteiger partial charge < -0.3 is 5.32 Å². The first kappa shape index (κ1) is 13.7. The number of carbonyl (C=O) groups is 1. The van der Waals surface area contributed by atoms with Gasteiger partial charge in [-0.25, -0.2) is 4.39 Å². The molecule has 1 aromatic carbocycles. The van der Waals surface area contributed by atoms with E-state index < -0.39 is 16.6 Å². The number of hydrogen-bond donors (Lipinski definition) is 1. The Hall–Kier alpha value is -0.750. The van der Waals surface area contributed by atoms with E-state index in [1.54, 1.807) is 6.07 Å². The van der Waals surface area contributed by atoms with Crippen LogP contribution in [0.4, 0.5) is 10.1 Å². The van der Waals surface area contributed by atoms with E-state index >= 15 is 0 Å². The fourth-order valence-corrected chi connectivity index (χ4v) is 3.71. The van der Waals surface area contributed by atoms with E-state index in [4.69, 9.17) is 0 Å². The number of aldehydes is 1. The Kier molecular flexibility index (Phi) is 4.50. The molecule has 0 unspecified atom stereocenters. The summed E-state index contributed by atoms with van der Waals surface area (Å²) in [5.74, 6) is 0.774. The normalized spacial score (nSPS) is 23.7. The van der Waals surface area contributed by atoms with Crippen LogP contribution >= 0.6 is 15.9 Å². The zero-order valence-corrected chi connectivity index (χ0v) is 12.0. The highest BCUT2D eigenvalue weighted by atomic mass is 79.9. The molecule has 1 N–H and O–H groups in total. The Labute approximate surface area is 116 Å². The number of anilines is 1. The largest absolute Gasteiger partial charge is 0.382 e. The fraction of sp³-hybridized carbons (Fsp3) is 0.417. The van der Waals surface area contributed by atoms with Crippen LogP contribution in [-0.4, -0.2) is 28.0 Å². The van der Waals surface area contributed by atoms with Gasteiger partial charge in [0.2, 0.25) is 0 Å². The predicted octanol–water partition coefficient (Wildman–Crippen LogP) is 2.72. The number of hydrogen-bond acceptors (Lipinski definition) is 3. The number of benzene rings is 1. The van der Waals surface area contributed by atoms with E-state index in [1.165, 1.54) is 6.07 Å². The molecule has 0 aliphatic carbocycles. The van der Waals surface area contributed by atoms with Crippen LogP contribution in [0.3, 0.4) is 0 Å². The molecule has 2 rings (SSSR count). The Morgan fingerprint density at radius 3 is 2.67 bits per heavy atom. The molecule has 6 heteroatoms. The maximum atomic E-state index is 13.6. The Morgan fingerprint density at radius 1 is 1.39 bits per heavy atom. The molecular weight excluding hydrogens is 321 g/mol. The fourth-order valence-electron chi connectivity index (χ4n) is 1.98. The highest BCUT2D eigenvalue weighted by Gasteiger charge is 2.19. The van der Waals surface area contributed by atoms with E-state index in [0.717, 1.165) is 12.8 Å². The lowest BCUT2D eigenvalue weighted by Crippen LogP contribution is -2.29. The van der Waals surface area contributed by atoms with Crippen LogP contribution in [0, 0.1) is 5.82 Å². The molecule has 3 nitrogen and oxygen atoms in total. The molecule has 18 heavy (non-hydrogen) atoms. The van der Waals surface area contributed by atoms with E-state index in [9.17, 15) is 13.4 Å². The molecule has 98 valence electrons. The lowest BCUT2D eigenvalue weighted by Gasteiger charge is -2.24. The van der Waals surface area contributed by atoms with Crippen LogP contribution in [0.15, 0.2) is 16.6 Å². The zero-order valence-electron chi connectivity index (χ0n) is 9.62. The minimum atomic E-state index is -0.728. The van der Waals surface area contributed by atoms with Gasteiger partial charge in [-0.3, -0.25) is 9.00 Å². The Bertz CT molecular complexity index is 485. The molecule has 1 aromatic rings. The summed E-state index contributed by atoms with van der Waals surface area (Å²) in [7, 11) is -0.728. The second-order valence-electron chi connectivity index (χ2n) is 4.23. The van der Waals surface area contributed by atoms with Crippen LogP contribution in [0.25, 0.3) is 0 Å². The Balaban J connectivity index is 2.18. The molecule has 0 atom stereocenters. The van der Waals surface area contributed by atoms with Crippen molar-refractivity contribution in [3.63, 3.8) is 0 Å². The van der Waals surface area contributed by atoms with Crippen LogP contribution in [0.5, 0.6) is 0 Å². The van der Waals surface area contributed by atoms with E-state index in [2.05, 4.69) is 21.2 Å². The van der Waals surface area contributed by atoms with Gasteiger partial charge in [0.1, 0.15) is 5.82 Å².